The third-order valence-electron chi connectivity index (χ3n) is 5.12. The number of nitrogens with zero attached hydrogens (tertiary/aromatic N) is 5. The van der Waals surface area contributed by atoms with Gasteiger partial charge in [-0.2, -0.15) is 4.98 Å². The van der Waals surface area contributed by atoms with Gasteiger partial charge in [0.1, 0.15) is 24.1 Å². The molecule has 12 heteroatoms. The topological polar surface area (TPSA) is 161 Å². The number of nitrogen functional groups attached to an aromatic ring is 1. The van der Waals surface area contributed by atoms with Crippen LogP contribution in [-0.2, 0) is 16.0 Å². The Kier molecular flexibility index (Phi) is 6.20. The van der Waals surface area contributed by atoms with Crippen LogP contribution in [0.4, 0.5) is 11.8 Å². The SMILES string of the molecule is Nc1ccn([C@@H]2O[C@H](CNCc3cnc(N4CCOCC4)nc3)[C@@H](O)[C@H]2O)c(=O)n1. The summed E-state index contributed by atoms with van der Waals surface area (Å²) >= 11 is 0. The molecule has 0 amide bonds. The van der Waals surface area contributed by atoms with Gasteiger partial charge in [0, 0.05) is 50.3 Å². The van der Waals surface area contributed by atoms with Crippen LogP contribution in [0.2, 0.25) is 0 Å². The highest BCUT2D eigenvalue weighted by Crippen LogP contribution is 2.28. The molecule has 2 aliphatic heterocycles. The normalized spacial score (nSPS) is 26.8. The molecule has 0 unspecified atom stereocenters. The van der Waals surface area contributed by atoms with Gasteiger partial charge in [-0.05, 0) is 6.07 Å². The van der Waals surface area contributed by atoms with Crippen LogP contribution in [0.15, 0.2) is 29.5 Å². The number of aromatic nitrogens is 4. The zero-order chi connectivity index (χ0) is 21.1. The third kappa shape index (κ3) is 4.42. The van der Waals surface area contributed by atoms with Gasteiger partial charge in [-0.3, -0.25) is 4.57 Å². The number of ether oxygens (including phenoxy) is 2. The molecule has 2 aliphatic rings. The molecule has 162 valence electrons. The summed E-state index contributed by atoms with van der Waals surface area (Å²) in [5.41, 5.74) is 5.70. The van der Waals surface area contributed by atoms with E-state index in [0.29, 0.717) is 25.7 Å². The van der Waals surface area contributed by atoms with E-state index in [2.05, 4.69) is 25.2 Å². The van der Waals surface area contributed by atoms with Crippen molar-refractivity contribution in [3.05, 3.63) is 40.7 Å². The molecular formula is C18H25N7O5. The highest BCUT2D eigenvalue weighted by molar-refractivity contribution is 5.30. The molecule has 4 rings (SSSR count). The average Bonchev–Trinajstić information content (AvgIpc) is 3.03. The van der Waals surface area contributed by atoms with Crippen molar-refractivity contribution < 1.29 is 19.7 Å². The van der Waals surface area contributed by atoms with Gasteiger partial charge in [-0.15, -0.1) is 0 Å². The van der Waals surface area contributed by atoms with Gasteiger partial charge in [0.15, 0.2) is 6.23 Å². The number of aliphatic hydroxyl groups excluding tert-OH is 2. The van der Waals surface area contributed by atoms with Crippen LogP contribution in [0.25, 0.3) is 0 Å². The van der Waals surface area contributed by atoms with Crippen molar-refractivity contribution in [2.75, 3.05) is 43.5 Å². The van der Waals surface area contributed by atoms with Crippen molar-refractivity contribution in [1.82, 2.24) is 24.8 Å². The van der Waals surface area contributed by atoms with E-state index in [0.717, 1.165) is 23.2 Å². The minimum Gasteiger partial charge on any atom is -0.387 e. The number of nitrogens with one attached hydrogen (secondary N) is 1. The lowest BCUT2D eigenvalue weighted by molar-refractivity contribution is -0.0390. The van der Waals surface area contributed by atoms with Crippen molar-refractivity contribution >= 4 is 11.8 Å². The maximum Gasteiger partial charge on any atom is 0.351 e. The minimum absolute atomic E-state index is 0.0735. The summed E-state index contributed by atoms with van der Waals surface area (Å²) in [6, 6.07) is 1.43. The van der Waals surface area contributed by atoms with Crippen molar-refractivity contribution in [3.63, 3.8) is 0 Å². The van der Waals surface area contributed by atoms with Crippen LogP contribution < -0.4 is 21.6 Å². The molecule has 0 bridgehead atoms. The summed E-state index contributed by atoms with van der Waals surface area (Å²) in [6.07, 6.45) is 0.700. The number of hydrogen-bond acceptors (Lipinski definition) is 11. The van der Waals surface area contributed by atoms with Gasteiger partial charge in [-0.25, -0.2) is 14.8 Å². The fourth-order valence-corrected chi connectivity index (χ4v) is 3.47. The first-order valence-corrected chi connectivity index (χ1v) is 9.73. The van der Waals surface area contributed by atoms with Gasteiger partial charge in [-0.1, -0.05) is 0 Å². The number of rotatable bonds is 6. The molecule has 0 aromatic carbocycles. The van der Waals surface area contributed by atoms with Crippen molar-refractivity contribution in [1.29, 1.82) is 0 Å². The Labute approximate surface area is 172 Å². The van der Waals surface area contributed by atoms with E-state index in [4.69, 9.17) is 15.2 Å². The predicted molar refractivity (Wildman–Crippen MR) is 106 cm³/mol. The smallest absolute Gasteiger partial charge is 0.351 e. The second kappa shape index (κ2) is 9.02. The molecule has 0 radical (unpaired) electrons. The molecule has 5 N–H and O–H groups in total. The maximum atomic E-state index is 12.0. The van der Waals surface area contributed by atoms with E-state index in [1.54, 1.807) is 12.4 Å². The zero-order valence-electron chi connectivity index (χ0n) is 16.3. The van der Waals surface area contributed by atoms with Gasteiger partial charge >= 0.3 is 5.69 Å². The van der Waals surface area contributed by atoms with E-state index in [-0.39, 0.29) is 12.4 Å². The summed E-state index contributed by atoms with van der Waals surface area (Å²) in [5, 5.41) is 23.7. The van der Waals surface area contributed by atoms with Crippen LogP contribution >= 0.6 is 0 Å². The van der Waals surface area contributed by atoms with Crippen molar-refractivity contribution in [2.24, 2.45) is 0 Å². The van der Waals surface area contributed by atoms with E-state index in [9.17, 15) is 15.0 Å². The van der Waals surface area contributed by atoms with E-state index in [1.807, 2.05) is 0 Å². The van der Waals surface area contributed by atoms with Crippen molar-refractivity contribution in [3.8, 4) is 0 Å². The first-order chi connectivity index (χ1) is 14.5. The monoisotopic (exact) mass is 419 g/mol. The number of aliphatic hydroxyl groups is 2. The molecule has 12 nitrogen and oxygen atoms in total. The Morgan fingerprint density at radius 3 is 2.63 bits per heavy atom. The van der Waals surface area contributed by atoms with Crippen molar-refractivity contribution in [2.45, 2.75) is 31.1 Å². The van der Waals surface area contributed by atoms with Gasteiger partial charge in [0.2, 0.25) is 5.95 Å². The molecule has 2 aromatic rings. The summed E-state index contributed by atoms with van der Waals surface area (Å²) in [6.45, 7) is 3.59. The first-order valence-electron chi connectivity index (χ1n) is 9.73. The Bertz CT molecular complexity index is 903. The molecule has 2 aromatic heterocycles. The lowest BCUT2D eigenvalue weighted by Crippen LogP contribution is -2.38. The quantitative estimate of drug-likeness (QED) is 0.404. The Hall–Kier alpha value is -2.64. The van der Waals surface area contributed by atoms with Crippen LogP contribution in [0.5, 0.6) is 0 Å². The fourth-order valence-electron chi connectivity index (χ4n) is 3.47. The summed E-state index contributed by atoms with van der Waals surface area (Å²) in [4.78, 5) is 26.5. The van der Waals surface area contributed by atoms with Gasteiger partial charge < -0.3 is 35.6 Å². The molecule has 0 aliphatic carbocycles. The van der Waals surface area contributed by atoms with Crippen LogP contribution in [0, 0.1) is 0 Å². The van der Waals surface area contributed by atoms with E-state index in [1.165, 1.54) is 12.3 Å². The molecular weight excluding hydrogens is 394 g/mol. The lowest BCUT2D eigenvalue weighted by atomic mass is 10.1. The molecule has 4 heterocycles. The number of anilines is 2. The Balaban J connectivity index is 1.31. The highest BCUT2D eigenvalue weighted by Gasteiger charge is 2.43. The predicted octanol–water partition coefficient (Wildman–Crippen LogP) is -2.14. The second-order valence-corrected chi connectivity index (χ2v) is 7.21. The van der Waals surface area contributed by atoms with E-state index >= 15 is 0 Å². The average molecular weight is 419 g/mol. The maximum absolute atomic E-state index is 12.0. The third-order valence-corrected chi connectivity index (χ3v) is 5.12. The summed E-state index contributed by atoms with van der Waals surface area (Å²) in [7, 11) is 0. The lowest BCUT2D eigenvalue weighted by Gasteiger charge is -2.26. The molecule has 0 spiro atoms. The second-order valence-electron chi connectivity index (χ2n) is 7.21. The van der Waals surface area contributed by atoms with Crippen LogP contribution in [-0.4, -0.2) is 80.9 Å². The van der Waals surface area contributed by atoms with E-state index < -0.39 is 30.2 Å². The zero-order valence-corrected chi connectivity index (χ0v) is 16.3. The molecule has 4 atom stereocenters. The highest BCUT2D eigenvalue weighted by atomic mass is 16.6. The molecule has 30 heavy (non-hydrogen) atoms. The standard InChI is InChI=1S/C18H25N7O5/c19-13-1-2-25(18(28)23-13)16-15(27)14(26)12(30-16)10-20-7-11-8-21-17(22-9-11)24-3-5-29-6-4-24/h1-2,8-9,12,14-16,20,26-27H,3-7,10H2,(H2,19,23,28)/t12-,14-,15-,16-/m1/s1. The Morgan fingerprint density at radius 1 is 1.20 bits per heavy atom. The molecule has 0 saturated carbocycles. The van der Waals surface area contributed by atoms with Crippen LogP contribution in [0.1, 0.15) is 11.8 Å². The summed E-state index contributed by atoms with van der Waals surface area (Å²) < 4.78 is 12.1. The number of morpholine rings is 1. The number of hydrogen-bond donors (Lipinski definition) is 4. The molecule has 2 fully saturated rings. The fraction of sp³-hybridized carbons (Fsp3) is 0.556. The van der Waals surface area contributed by atoms with Crippen LogP contribution in [0.3, 0.4) is 0 Å². The number of nitrogens with two attached hydrogens (primary N) is 1. The molecule has 2 saturated heterocycles. The summed E-state index contributed by atoms with van der Waals surface area (Å²) in [5.74, 6) is 0.745. The largest absolute Gasteiger partial charge is 0.387 e. The first kappa shape index (κ1) is 20.6. The Morgan fingerprint density at radius 2 is 1.93 bits per heavy atom. The van der Waals surface area contributed by atoms with Gasteiger partial charge in [0.25, 0.3) is 0 Å². The van der Waals surface area contributed by atoms with Gasteiger partial charge in [0.05, 0.1) is 13.2 Å². The minimum atomic E-state index is -1.27.